The Balaban J connectivity index is 2.33. The summed E-state index contributed by atoms with van der Waals surface area (Å²) in [7, 11) is 0. The van der Waals surface area contributed by atoms with Gasteiger partial charge in [-0.3, -0.25) is 4.79 Å². The topological polar surface area (TPSA) is 38.3 Å². The zero-order valence-corrected chi connectivity index (χ0v) is 12.0. The number of carbonyl (C=O) groups excluding carboxylic acids is 1. The Bertz CT molecular complexity index is 409. The van der Waals surface area contributed by atoms with E-state index < -0.39 is 5.60 Å². The Morgan fingerprint density at radius 1 is 1.32 bits per heavy atom. The summed E-state index contributed by atoms with van der Waals surface area (Å²) >= 11 is 0. The van der Waals surface area contributed by atoms with Gasteiger partial charge in [0.25, 0.3) is 0 Å². The fraction of sp³-hybridized carbons (Fsp3) is 0.533. The third-order valence-electron chi connectivity index (χ3n) is 2.47. The van der Waals surface area contributed by atoms with Crippen LogP contribution in [0.5, 0.6) is 0 Å². The number of nitrogens with one attached hydrogen (secondary N) is 1. The number of benzene rings is 1. The van der Waals surface area contributed by atoms with Gasteiger partial charge in [0.2, 0.25) is 0 Å². The molecule has 0 heterocycles. The van der Waals surface area contributed by atoms with Crippen LogP contribution >= 0.6 is 0 Å². The van der Waals surface area contributed by atoms with E-state index in [9.17, 15) is 9.18 Å². The van der Waals surface area contributed by atoms with Crippen molar-refractivity contribution in [1.82, 2.24) is 5.32 Å². The number of ether oxygens (including phenoxy) is 1. The lowest BCUT2D eigenvalue weighted by Gasteiger charge is -2.20. The molecule has 0 saturated heterocycles. The van der Waals surface area contributed by atoms with Crippen LogP contribution in [-0.2, 0) is 16.0 Å². The summed E-state index contributed by atoms with van der Waals surface area (Å²) in [5.41, 5.74) is 0.574. The minimum absolute atomic E-state index is 0.123. The molecule has 0 aliphatic carbocycles. The lowest BCUT2D eigenvalue weighted by Crippen LogP contribution is -2.36. The fourth-order valence-corrected chi connectivity index (χ4v) is 1.68. The summed E-state index contributed by atoms with van der Waals surface area (Å²) in [5.74, 6) is -0.503. The molecule has 1 unspecified atom stereocenters. The van der Waals surface area contributed by atoms with Gasteiger partial charge >= 0.3 is 5.97 Å². The molecule has 106 valence electrons. The van der Waals surface area contributed by atoms with E-state index in [4.69, 9.17) is 4.74 Å². The highest BCUT2D eigenvalue weighted by molar-refractivity contribution is 5.72. The predicted molar refractivity (Wildman–Crippen MR) is 73.4 cm³/mol. The maximum atomic E-state index is 12.8. The minimum Gasteiger partial charge on any atom is -0.459 e. The third kappa shape index (κ3) is 6.91. The van der Waals surface area contributed by atoms with E-state index in [-0.39, 0.29) is 24.4 Å². The number of halogens is 1. The highest BCUT2D eigenvalue weighted by atomic mass is 19.1. The summed E-state index contributed by atoms with van der Waals surface area (Å²) in [5, 5.41) is 3.10. The van der Waals surface area contributed by atoms with E-state index >= 15 is 0 Å². The molecule has 1 atom stereocenters. The molecule has 0 aliphatic rings. The molecule has 19 heavy (non-hydrogen) atoms. The van der Waals surface area contributed by atoms with E-state index in [2.05, 4.69) is 5.32 Å². The molecule has 1 N–H and O–H groups in total. The van der Waals surface area contributed by atoms with Gasteiger partial charge in [-0.1, -0.05) is 12.1 Å². The third-order valence-corrected chi connectivity index (χ3v) is 2.47. The fourth-order valence-electron chi connectivity index (χ4n) is 1.68. The molecule has 0 fully saturated rings. The molecule has 0 bridgehead atoms. The van der Waals surface area contributed by atoms with Crippen molar-refractivity contribution in [2.75, 3.05) is 6.54 Å². The molecule has 0 spiro atoms. The van der Waals surface area contributed by atoms with Crippen LogP contribution in [0.4, 0.5) is 4.39 Å². The Morgan fingerprint density at radius 3 is 2.42 bits per heavy atom. The standard InChI is InChI=1S/C15H22FNO2/c1-11(9-12-5-7-13(16)8-6-12)17-10-14(18)19-15(2,3)4/h5-8,11,17H,9-10H2,1-4H3. The Hall–Kier alpha value is -1.42. The van der Waals surface area contributed by atoms with Crippen LogP contribution in [0.15, 0.2) is 24.3 Å². The van der Waals surface area contributed by atoms with Crippen LogP contribution in [-0.4, -0.2) is 24.2 Å². The Kier molecular flexibility index (Phi) is 5.48. The Morgan fingerprint density at radius 2 is 1.89 bits per heavy atom. The number of esters is 1. The van der Waals surface area contributed by atoms with Gasteiger partial charge in [0.05, 0.1) is 6.54 Å². The molecule has 4 heteroatoms. The summed E-state index contributed by atoms with van der Waals surface area (Å²) in [6, 6.07) is 6.51. The zero-order valence-electron chi connectivity index (χ0n) is 12.0. The first-order valence-corrected chi connectivity index (χ1v) is 6.46. The highest BCUT2D eigenvalue weighted by Gasteiger charge is 2.16. The van der Waals surface area contributed by atoms with Gasteiger partial charge in [0, 0.05) is 6.04 Å². The van der Waals surface area contributed by atoms with Crippen LogP contribution in [0.3, 0.4) is 0 Å². The van der Waals surface area contributed by atoms with Crippen LogP contribution < -0.4 is 5.32 Å². The maximum Gasteiger partial charge on any atom is 0.320 e. The van der Waals surface area contributed by atoms with Crippen molar-refractivity contribution in [3.63, 3.8) is 0 Å². The van der Waals surface area contributed by atoms with Gasteiger partial charge in [-0.15, -0.1) is 0 Å². The number of rotatable bonds is 5. The van der Waals surface area contributed by atoms with Crippen molar-refractivity contribution >= 4 is 5.97 Å². The molecule has 1 aromatic rings. The smallest absolute Gasteiger partial charge is 0.320 e. The van der Waals surface area contributed by atoms with E-state index in [0.717, 1.165) is 12.0 Å². The molecule has 3 nitrogen and oxygen atoms in total. The average molecular weight is 267 g/mol. The van der Waals surface area contributed by atoms with Gasteiger partial charge in [-0.2, -0.15) is 0 Å². The quantitative estimate of drug-likeness (QED) is 0.834. The second kappa shape index (κ2) is 6.66. The number of hydrogen-bond donors (Lipinski definition) is 1. The minimum atomic E-state index is -0.459. The average Bonchev–Trinajstić information content (AvgIpc) is 2.27. The summed E-state index contributed by atoms with van der Waals surface area (Å²) in [4.78, 5) is 11.5. The van der Waals surface area contributed by atoms with Gasteiger partial charge in [-0.05, 0) is 51.8 Å². The van der Waals surface area contributed by atoms with Crippen LogP contribution in [0.25, 0.3) is 0 Å². The van der Waals surface area contributed by atoms with Crippen LogP contribution in [0.2, 0.25) is 0 Å². The van der Waals surface area contributed by atoms with Crippen molar-refractivity contribution in [2.45, 2.75) is 45.8 Å². The first-order valence-electron chi connectivity index (χ1n) is 6.46. The van der Waals surface area contributed by atoms with Crippen molar-refractivity contribution in [3.8, 4) is 0 Å². The summed E-state index contributed by atoms with van der Waals surface area (Å²) < 4.78 is 18.0. The van der Waals surface area contributed by atoms with Gasteiger partial charge in [-0.25, -0.2) is 4.39 Å². The SMILES string of the molecule is CC(Cc1ccc(F)cc1)NCC(=O)OC(C)(C)C. The van der Waals surface area contributed by atoms with Gasteiger partial charge in [0.15, 0.2) is 0 Å². The van der Waals surface area contributed by atoms with Crippen molar-refractivity contribution in [1.29, 1.82) is 0 Å². The summed E-state index contributed by atoms with van der Waals surface area (Å²) in [6.45, 7) is 7.68. The zero-order chi connectivity index (χ0) is 14.5. The van der Waals surface area contributed by atoms with Gasteiger partial charge < -0.3 is 10.1 Å². The predicted octanol–water partition coefficient (Wildman–Crippen LogP) is 2.69. The first-order chi connectivity index (χ1) is 8.76. The molecule has 0 amide bonds. The highest BCUT2D eigenvalue weighted by Crippen LogP contribution is 2.07. The molecule has 0 aliphatic heterocycles. The molecule has 0 saturated carbocycles. The lowest BCUT2D eigenvalue weighted by atomic mass is 10.1. The molecule has 1 rings (SSSR count). The second-order valence-corrected chi connectivity index (χ2v) is 5.70. The molecule has 1 aromatic carbocycles. The van der Waals surface area contributed by atoms with E-state index in [1.165, 1.54) is 12.1 Å². The molecule has 0 aromatic heterocycles. The number of carbonyl (C=O) groups is 1. The van der Waals surface area contributed by atoms with Crippen molar-refractivity contribution in [2.24, 2.45) is 0 Å². The largest absolute Gasteiger partial charge is 0.459 e. The monoisotopic (exact) mass is 267 g/mol. The Labute approximate surface area is 114 Å². The second-order valence-electron chi connectivity index (χ2n) is 5.70. The number of hydrogen-bond acceptors (Lipinski definition) is 3. The van der Waals surface area contributed by atoms with Crippen LogP contribution in [0.1, 0.15) is 33.3 Å². The van der Waals surface area contributed by atoms with Crippen molar-refractivity contribution in [3.05, 3.63) is 35.6 Å². The van der Waals surface area contributed by atoms with E-state index in [1.54, 1.807) is 12.1 Å². The van der Waals surface area contributed by atoms with Crippen LogP contribution in [0, 0.1) is 5.82 Å². The van der Waals surface area contributed by atoms with Crippen molar-refractivity contribution < 1.29 is 13.9 Å². The molecule has 0 radical (unpaired) electrons. The van der Waals surface area contributed by atoms with Gasteiger partial charge in [0.1, 0.15) is 11.4 Å². The molecular weight excluding hydrogens is 245 g/mol. The normalized spacial score (nSPS) is 13.1. The van der Waals surface area contributed by atoms with E-state index in [1.807, 2.05) is 27.7 Å². The maximum absolute atomic E-state index is 12.8. The first kappa shape index (κ1) is 15.6. The summed E-state index contributed by atoms with van der Waals surface area (Å²) in [6.07, 6.45) is 0.739. The lowest BCUT2D eigenvalue weighted by molar-refractivity contribution is -0.153. The van der Waals surface area contributed by atoms with E-state index in [0.29, 0.717) is 0 Å². The molecular formula is C15H22FNO2.